The summed E-state index contributed by atoms with van der Waals surface area (Å²) >= 11 is 0.183. The molecule has 22 heavy (non-hydrogen) atoms. The monoisotopic (exact) mass is 362 g/mol. The number of carbonyl (C=O) groups excluding carboxylic acids is 2. The molecule has 124 valence electrons. The van der Waals surface area contributed by atoms with Crippen molar-refractivity contribution in [2.75, 3.05) is 33.7 Å². The predicted octanol–water partition coefficient (Wildman–Crippen LogP) is 1.16. The first-order valence-corrected chi connectivity index (χ1v) is 7.16. The van der Waals surface area contributed by atoms with Gasteiger partial charge in [0.1, 0.15) is 12.2 Å². The fourth-order valence-electron chi connectivity index (χ4n) is 1.28. The molecule has 0 radical (unpaired) electrons. The minimum absolute atomic E-state index is 0. The molecule has 1 heterocycles. The molecule has 0 saturated carbocycles. The number of imide groups is 1. The van der Waals surface area contributed by atoms with Gasteiger partial charge in [-0.25, -0.2) is 9.98 Å². The second-order valence-electron chi connectivity index (χ2n) is 4.28. The normalized spacial score (nSPS) is 12.7. The molecular weight excluding hydrogens is 339 g/mol. The summed E-state index contributed by atoms with van der Waals surface area (Å²) in [6.45, 7) is 4.67. The number of amides is 2. The van der Waals surface area contributed by atoms with Crippen molar-refractivity contribution >= 4 is 72.0 Å². The second-order valence-corrected chi connectivity index (χ2v) is 4.80. The van der Waals surface area contributed by atoms with Crippen molar-refractivity contribution < 1.29 is 14.1 Å². The molecule has 1 N–H and O–H groups in total. The molecule has 1 rings (SSSR count). The van der Waals surface area contributed by atoms with Crippen LogP contribution in [0.2, 0.25) is 0 Å². The Morgan fingerprint density at radius 2 is 1.82 bits per heavy atom. The summed E-state index contributed by atoms with van der Waals surface area (Å²) < 4.78 is 9.07. The van der Waals surface area contributed by atoms with E-state index in [0.717, 1.165) is 30.4 Å². The van der Waals surface area contributed by atoms with Crippen LogP contribution in [0.5, 0.6) is 0 Å². The number of nitrogens with zero attached hydrogens (tertiary/aromatic N) is 4. The molecular formula is C12H24ClN4NaO3S. The standard InChI is InChI=1S/C8H17N3.C4H5NO3S.ClH.Na.H/c1-4-9-8-10-6-5-7-11(2)3;6-3-1-2-4(7)5(3)9-8;;;/h4-7H2,1-3H3;8H,1-2H2;1H;;. The van der Waals surface area contributed by atoms with Crippen LogP contribution in [0, 0.1) is 0 Å². The van der Waals surface area contributed by atoms with Gasteiger partial charge in [0, 0.05) is 19.4 Å². The minimum atomic E-state index is -0.312. The molecule has 2 amide bonds. The van der Waals surface area contributed by atoms with E-state index in [1.54, 1.807) is 0 Å². The Hall–Kier alpha value is 0.0800. The third-order valence-corrected chi connectivity index (χ3v) is 2.83. The molecule has 1 fully saturated rings. The van der Waals surface area contributed by atoms with Crippen LogP contribution in [0.15, 0.2) is 9.98 Å². The number of rotatable bonds is 6. The van der Waals surface area contributed by atoms with Crippen molar-refractivity contribution in [2.45, 2.75) is 26.2 Å². The maximum absolute atomic E-state index is 10.5. The molecule has 0 spiro atoms. The summed E-state index contributed by atoms with van der Waals surface area (Å²) in [5.74, 6) is -0.625. The molecule has 0 bridgehead atoms. The van der Waals surface area contributed by atoms with E-state index in [1.807, 2.05) is 6.92 Å². The van der Waals surface area contributed by atoms with Crippen molar-refractivity contribution in [3.63, 3.8) is 0 Å². The molecule has 1 aliphatic heterocycles. The zero-order valence-electron chi connectivity index (χ0n) is 12.6. The van der Waals surface area contributed by atoms with Gasteiger partial charge < -0.3 is 9.45 Å². The molecule has 7 nitrogen and oxygen atoms in total. The van der Waals surface area contributed by atoms with Gasteiger partial charge in [-0.15, -0.1) is 12.4 Å². The van der Waals surface area contributed by atoms with Crippen LogP contribution >= 0.6 is 24.6 Å². The van der Waals surface area contributed by atoms with Gasteiger partial charge in [0.05, 0.1) is 12.6 Å². The van der Waals surface area contributed by atoms with E-state index in [1.165, 1.54) is 0 Å². The number of hydrogen-bond acceptors (Lipinski definition) is 7. The van der Waals surface area contributed by atoms with Crippen LogP contribution in [-0.2, 0) is 9.59 Å². The Balaban J connectivity index is -0.000000304. The Morgan fingerprint density at radius 1 is 1.27 bits per heavy atom. The first kappa shape index (κ1) is 27.0. The van der Waals surface area contributed by atoms with E-state index in [9.17, 15) is 9.59 Å². The van der Waals surface area contributed by atoms with Gasteiger partial charge in [0.25, 0.3) is 0 Å². The molecule has 0 atom stereocenters. The SMILES string of the molecule is CCN=C=NCCCN(C)C.Cl.O=C1CCC(=O)N1SO.[NaH]. The first-order chi connectivity index (χ1) is 9.52. The third kappa shape index (κ3) is 13.7. The van der Waals surface area contributed by atoms with E-state index in [0.29, 0.717) is 0 Å². The van der Waals surface area contributed by atoms with E-state index >= 15 is 0 Å². The first-order valence-electron chi connectivity index (χ1n) is 6.43. The van der Waals surface area contributed by atoms with Crippen LogP contribution in [0.3, 0.4) is 0 Å². The van der Waals surface area contributed by atoms with Gasteiger partial charge in [-0.05, 0) is 34.0 Å². The number of aliphatic imine (C=N–C) groups is 2. The molecule has 1 aliphatic rings. The fraction of sp³-hybridized carbons (Fsp3) is 0.750. The summed E-state index contributed by atoms with van der Waals surface area (Å²) in [4.78, 5) is 31.1. The van der Waals surface area contributed by atoms with E-state index in [2.05, 4.69) is 35.0 Å². The molecule has 0 aliphatic carbocycles. The van der Waals surface area contributed by atoms with Crippen LogP contribution in [0.25, 0.3) is 0 Å². The van der Waals surface area contributed by atoms with Crippen LogP contribution in [0.1, 0.15) is 26.2 Å². The molecule has 0 aromatic heterocycles. The van der Waals surface area contributed by atoms with Crippen molar-refractivity contribution in [1.82, 2.24) is 9.21 Å². The summed E-state index contributed by atoms with van der Waals surface area (Å²) in [7, 11) is 4.12. The third-order valence-electron chi connectivity index (χ3n) is 2.26. The molecule has 0 aromatic carbocycles. The Labute approximate surface area is 164 Å². The zero-order chi connectivity index (χ0) is 15.4. The van der Waals surface area contributed by atoms with Gasteiger partial charge >= 0.3 is 29.6 Å². The van der Waals surface area contributed by atoms with Gasteiger partial charge in [0.2, 0.25) is 11.8 Å². The molecule has 10 heteroatoms. The van der Waals surface area contributed by atoms with Gasteiger partial charge in [-0.1, -0.05) is 0 Å². The maximum atomic E-state index is 10.5. The topological polar surface area (TPSA) is 85.6 Å². The Bertz CT molecular complexity index is 363. The van der Waals surface area contributed by atoms with Gasteiger partial charge in [-0.3, -0.25) is 9.59 Å². The van der Waals surface area contributed by atoms with Crippen molar-refractivity contribution in [3.8, 4) is 0 Å². The zero-order valence-corrected chi connectivity index (χ0v) is 14.2. The second kappa shape index (κ2) is 17.4. The number of carbonyl (C=O) groups is 2. The summed E-state index contributed by atoms with van der Waals surface area (Å²) in [6.07, 6.45) is 1.54. The molecule has 0 aromatic rings. The van der Waals surface area contributed by atoms with Crippen molar-refractivity contribution in [1.29, 1.82) is 0 Å². The van der Waals surface area contributed by atoms with Crippen molar-refractivity contribution in [3.05, 3.63) is 0 Å². The summed E-state index contributed by atoms with van der Waals surface area (Å²) in [6, 6.07) is 2.64. The fourth-order valence-corrected chi connectivity index (χ4v) is 1.65. The molecule has 0 unspecified atom stereocenters. The Morgan fingerprint density at radius 3 is 2.18 bits per heavy atom. The molecule has 1 saturated heterocycles. The number of hydrogen-bond donors (Lipinski definition) is 1. The quantitative estimate of drug-likeness (QED) is 0.191. The average Bonchev–Trinajstić information content (AvgIpc) is 2.73. The number of halogens is 1. The summed E-state index contributed by atoms with van der Waals surface area (Å²) in [5, 5.41) is 0. The van der Waals surface area contributed by atoms with Crippen molar-refractivity contribution in [2.24, 2.45) is 9.98 Å². The van der Waals surface area contributed by atoms with E-state index < -0.39 is 0 Å². The predicted molar refractivity (Wildman–Crippen MR) is 94.1 cm³/mol. The van der Waals surface area contributed by atoms with E-state index in [4.69, 9.17) is 4.55 Å². The van der Waals surface area contributed by atoms with Gasteiger partial charge in [-0.2, -0.15) is 4.31 Å². The van der Waals surface area contributed by atoms with Crippen LogP contribution < -0.4 is 0 Å². The van der Waals surface area contributed by atoms with E-state index in [-0.39, 0.29) is 78.8 Å². The summed E-state index contributed by atoms with van der Waals surface area (Å²) in [5.41, 5.74) is 0. The van der Waals surface area contributed by atoms with Gasteiger partial charge in [0.15, 0.2) is 0 Å². The van der Waals surface area contributed by atoms with Crippen LogP contribution in [0.4, 0.5) is 0 Å². The Kier molecular flexibility index (Phi) is 21.4. The average molecular weight is 363 g/mol. The van der Waals surface area contributed by atoms with Crippen LogP contribution in [-0.4, -0.2) is 94.9 Å².